The third-order valence-corrected chi connectivity index (χ3v) is 5.60. The van der Waals surface area contributed by atoms with E-state index in [1.165, 1.54) is 17.3 Å². The highest BCUT2D eigenvalue weighted by molar-refractivity contribution is 7.98. The molecule has 0 atom stereocenters. The van der Waals surface area contributed by atoms with Crippen LogP contribution in [-0.4, -0.2) is 20.3 Å². The minimum Gasteiger partial charge on any atom is -0.411 e. The number of hydrogen-bond donors (Lipinski definition) is 0. The molecule has 0 amide bonds. The molecule has 0 radical (unpaired) electrons. The topological polar surface area (TPSA) is 77.8 Å². The third kappa shape index (κ3) is 4.12. The monoisotopic (exact) mass is 398 g/mol. The molecule has 0 saturated heterocycles. The average molecular weight is 399 g/mol. The van der Waals surface area contributed by atoms with Gasteiger partial charge in [0.1, 0.15) is 0 Å². The molecule has 0 N–H and O–H groups in total. The van der Waals surface area contributed by atoms with E-state index in [0.29, 0.717) is 28.6 Å². The van der Waals surface area contributed by atoms with Gasteiger partial charge in [0.25, 0.3) is 5.22 Å². The molecular formula is C19H18N4O2S2. The highest BCUT2D eigenvalue weighted by atomic mass is 32.2. The SMILES string of the molecule is CC(C)(C)c1ccc(-c2nnc(SCc3nc(-c4cccs4)no3)o2)cc1. The van der Waals surface area contributed by atoms with Crippen molar-refractivity contribution in [3.8, 4) is 22.2 Å². The van der Waals surface area contributed by atoms with Crippen molar-refractivity contribution < 1.29 is 8.94 Å². The molecule has 0 spiro atoms. The third-order valence-electron chi connectivity index (χ3n) is 3.93. The lowest BCUT2D eigenvalue weighted by Gasteiger charge is -2.18. The predicted molar refractivity (Wildman–Crippen MR) is 106 cm³/mol. The van der Waals surface area contributed by atoms with Crippen molar-refractivity contribution >= 4 is 23.1 Å². The minimum atomic E-state index is 0.112. The van der Waals surface area contributed by atoms with E-state index >= 15 is 0 Å². The standard InChI is InChI=1S/C19H18N4O2S2/c1-19(2,3)13-8-6-12(7-9-13)17-21-22-18(24-17)27-11-15-20-16(23-25-15)14-5-4-10-26-14/h4-10H,11H2,1-3H3. The molecule has 0 aliphatic heterocycles. The Morgan fingerprint density at radius 2 is 1.89 bits per heavy atom. The minimum absolute atomic E-state index is 0.112. The van der Waals surface area contributed by atoms with Crippen LogP contribution in [0.25, 0.3) is 22.2 Å². The summed E-state index contributed by atoms with van der Waals surface area (Å²) >= 11 is 2.95. The van der Waals surface area contributed by atoms with E-state index < -0.39 is 0 Å². The summed E-state index contributed by atoms with van der Waals surface area (Å²) in [5, 5.41) is 14.7. The maximum absolute atomic E-state index is 5.75. The van der Waals surface area contributed by atoms with Crippen molar-refractivity contribution in [2.24, 2.45) is 0 Å². The average Bonchev–Trinajstić information content (AvgIpc) is 3.39. The van der Waals surface area contributed by atoms with Gasteiger partial charge in [-0.3, -0.25) is 0 Å². The van der Waals surface area contributed by atoms with E-state index in [1.54, 1.807) is 11.3 Å². The van der Waals surface area contributed by atoms with Crippen molar-refractivity contribution in [1.82, 2.24) is 20.3 Å². The molecule has 4 aromatic rings. The van der Waals surface area contributed by atoms with Crippen molar-refractivity contribution in [3.05, 3.63) is 53.2 Å². The molecule has 8 heteroatoms. The second-order valence-electron chi connectivity index (χ2n) is 6.98. The Morgan fingerprint density at radius 3 is 2.59 bits per heavy atom. The number of nitrogens with zero attached hydrogens (tertiary/aromatic N) is 4. The largest absolute Gasteiger partial charge is 0.411 e. The van der Waals surface area contributed by atoms with Crippen LogP contribution in [0, 0.1) is 0 Å². The first kappa shape index (κ1) is 17.9. The number of rotatable bonds is 5. The van der Waals surface area contributed by atoms with Crippen LogP contribution < -0.4 is 0 Å². The normalized spacial score (nSPS) is 11.8. The summed E-state index contributed by atoms with van der Waals surface area (Å²) in [5.41, 5.74) is 2.28. The molecular weight excluding hydrogens is 380 g/mol. The van der Waals surface area contributed by atoms with Gasteiger partial charge in [0.2, 0.25) is 17.6 Å². The number of hydrogen-bond acceptors (Lipinski definition) is 8. The Hall–Kier alpha value is -2.45. The quantitative estimate of drug-likeness (QED) is 0.414. The van der Waals surface area contributed by atoms with Gasteiger partial charge in [-0.05, 0) is 34.6 Å². The van der Waals surface area contributed by atoms with Crippen molar-refractivity contribution in [2.75, 3.05) is 0 Å². The van der Waals surface area contributed by atoms with Gasteiger partial charge in [0, 0.05) is 5.56 Å². The molecule has 3 heterocycles. The van der Waals surface area contributed by atoms with Gasteiger partial charge in [-0.25, -0.2) is 0 Å². The zero-order valence-corrected chi connectivity index (χ0v) is 16.8. The number of aromatic nitrogens is 4. The van der Waals surface area contributed by atoms with Crippen LogP contribution in [0.2, 0.25) is 0 Å². The molecule has 0 aliphatic rings. The molecule has 1 aromatic carbocycles. The molecule has 0 aliphatic carbocycles. The lowest BCUT2D eigenvalue weighted by Crippen LogP contribution is -2.10. The van der Waals surface area contributed by atoms with Gasteiger partial charge in [-0.15, -0.1) is 21.5 Å². The van der Waals surface area contributed by atoms with Gasteiger partial charge in [-0.1, -0.05) is 55.9 Å². The maximum atomic E-state index is 5.75. The van der Waals surface area contributed by atoms with Gasteiger partial charge < -0.3 is 8.94 Å². The Bertz CT molecular complexity index is 1010. The van der Waals surface area contributed by atoms with Crippen LogP contribution in [0.5, 0.6) is 0 Å². The van der Waals surface area contributed by atoms with Crippen LogP contribution in [0.4, 0.5) is 0 Å². The van der Waals surface area contributed by atoms with E-state index in [9.17, 15) is 0 Å². The highest BCUT2D eigenvalue weighted by Crippen LogP contribution is 2.29. The molecule has 27 heavy (non-hydrogen) atoms. The van der Waals surface area contributed by atoms with Gasteiger partial charge >= 0.3 is 0 Å². The van der Waals surface area contributed by atoms with Crippen LogP contribution >= 0.6 is 23.1 Å². The molecule has 0 bridgehead atoms. The zero-order chi connectivity index (χ0) is 18.9. The first-order valence-corrected chi connectivity index (χ1v) is 10.3. The summed E-state index contributed by atoms with van der Waals surface area (Å²) in [5.74, 6) is 2.11. The second-order valence-corrected chi connectivity index (χ2v) is 8.85. The van der Waals surface area contributed by atoms with Crippen molar-refractivity contribution in [3.63, 3.8) is 0 Å². The Morgan fingerprint density at radius 1 is 1.07 bits per heavy atom. The molecule has 6 nitrogen and oxygen atoms in total. The lowest BCUT2D eigenvalue weighted by atomic mass is 9.87. The first-order chi connectivity index (χ1) is 13.0. The van der Waals surface area contributed by atoms with Crippen LogP contribution in [0.15, 0.2) is 55.9 Å². The smallest absolute Gasteiger partial charge is 0.277 e. The molecule has 138 valence electrons. The van der Waals surface area contributed by atoms with Gasteiger partial charge in [0.15, 0.2) is 0 Å². The Kier molecular flexibility index (Phi) is 4.84. The van der Waals surface area contributed by atoms with Crippen LogP contribution in [0.1, 0.15) is 32.2 Å². The predicted octanol–water partition coefficient (Wildman–Crippen LogP) is 5.44. The summed E-state index contributed by atoms with van der Waals surface area (Å²) in [7, 11) is 0. The van der Waals surface area contributed by atoms with Crippen molar-refractivity contribution in [1.29, 1.82) is 0 Å². The highest BCUT2D eigenvalue weighted by Gasteiger charge is 2.16. The molecule has 3 aromatic heterocycles. The summed E-state index contributed by atoms with van der Waals surface area (Å²) in [6.45, 7) is 6.56. The summed E-state index contributed by atoms with van der Waals surface area (Å²) in [6, 6.07) is 12.1. The fourth-order valence-corrected chi connectivity index (χ4v) is 3.69. The molecule has 0 unspecified atom stereocenters. The summed E-state index contributed by atoms with van der Waals surface area (Å²) in [4.78, 5) is 5.37. The molecule has 0 fully saturated rings. The lowest BCUT2D eigenvalue weighted by molar-refractivity contribution is 0.391. The number of thiophene rings is 1. The number of benzene rings is 1. The van der Waals surface area contributed by atoms with E-state index in [-0.39, 0.29) is 5.41 Å². The van der Waals surface area contributed by atoms with E-state index in [2.05, 4.69) is 53.2 Å². The summed E-state index contributed by atoms with van der Waals surface area (Å²) in [6.07, 6.45) is 0. The van der Waals surface area contributed by atoms with Crippen molar-refractivity contribution in [2.45, 2.75) is 37.2 Å². The molecule has 0 saturated carbocycles. The number of thioether (sulfide) groups is 1. The van der Waals surface area contributed by atoms with E-state index in [4.69, 9.17) is 8.94 Å². The fourth-order valence-electron chi connectivity index (χ4n) is 2.44. The second kappa shape index (κ2) is 7.28. The fraction of sp³-hybridized carbons (Fsp3) is 0.263. The van der Waals surface area contributed by atoms with Crippen LogP contribution in [-0.2, 0) is 11.2 Å². The van der Waals surface area contributed by atoms with E-state index in [0.717, 1.165) is 10.4 Å². The van der Waals surface area contributed by atoms with Gasteiger partial charge in [-0.2, -0.15) is 4.98 Å². The molecule has 4 rings (SSSR count). The summed E-state index contributed by atoms with van der Waals surface area (Å²) < 4.78 is 11.0. The Labute approximate surface area is 165 Å². The zero-order valence-electron chi connectivity index (χ0n) is 15.2. The van der Waals surface area contributed by atoms with Gasteiger partial charge in [0.05, 0.1) is 10.6 Å². The first-order valence-electron chi connectivity index (χ1n) is 8.43. The van der Waals surface area contributed by atoms with Crippen LogP contribution in [0.3, 0.4) is 0 Å². The maximum Gasteiger partial charge on any atom is 0.277 e. The Balaban J connectivity index is 1.41. The van der Waals surface area contributed by atoms with E-state index in [1.807, 2.05) is 29.6 Å².